The van der Waals surface area contributed by atoms with Gasteiger partial charge in [-0.1, -0.05) is 20.8 Å². The smallest absolute Gasteiger partial charge is 0.223 e. The fourth-order valence-corrected chi connectivity index (χ4v) is 2.75. The maximum Gasteiger partial charge on any atom is 0.223 e. The van der Waals surface area contributed by atoms with Crippen LogP contribution in [-0.4, -0.2) is 40.8 Å². The lowest BCUT2D eigenvalue weighted by Crippen LogP contribution is -2.44. The number of ether oxygens (including phenoxy) is 1. The molecule has 5 nitrogen and oxygen atoms in total. The molecule has 20 heavy (non-hydrogen) atoms. The van der Waals surface area contributed by atoms with Gasteiger partial charge in [-0.3, -0.25) is 9.89 Å². The molecule has 1 aliphatic rings. The number of carbonyl (C=O) groups is 1. The van der Waals surface area contributed by atoms with Gasteiger partial charge in [0.1, 0.15) is 0 Å². The van der Waals surface area contributed by atoms with Crippen LogP contribution in [-0.2, 0) is 9.53 Å². The molecular formula is C15H25N3O2. The highest BCUT2D eigenvalue weighted by atomic mass is 16.5. The number of rotatable bonds is 2. The number of nitrogens with zero attached hydrogens (tertiary/aromatic N) is 2. The average molecular weight is 279 g/mol. The zero-order valence-electron chi connectivity index (χ0n) is 13.1. The molecule has 1 unspecified atom stereocenters. The largest absolute Gasteiger partial charge is 0.377 e. The van der Waals surface area contributed by atoms with Gasteiger partial charge in [-0.05, 0) is 19.3 Å². The van der Waals surface area contributed by atoms with E-state index in [-0.39, 0.29) is 17.4 Å². The molecule has 2 heterocycles. The Morgan fingerprint density at radius 3 is 2.70 bits per heavy atom. The van der Waals surface area contributed by atoms with E-state index in [2.05, 4.69) is 31.0 Å². The van der Waals surface area contributed by atoms with E-state index in [1.807, 2.05) is 18.7 Å². The van der Waals surface area contributed by atoms with Gasteiger partial charge in [0.25, 0.3) is 0 Å². The maximum absolute atomic E-state index is 12.6. The first-order valence-electron chi connectivity index (χ1n) is 7.18. The van der Waals surface area contributed by atoms with Crippen molar-refractivity contribution < 1.29 is 9.53 Å². The van der Waals surface area contributed by atoms with E-state index in [1.54, 1.807) is 0 Å². The first-order chi connectivity index (χ1) is 9.29. The summed E-state index contributed by atoms with van der Waals surface area (Å²) in [6, 6.07) is -0.0163. The van der Waals surface area contributed by atoms with Gasteiger partial charge in [0.2, 0.25) is 5.91 Å². The second kappa shape index (κ2) is 5.56. The molecule has 0 aromatic carbocycles. The van der Waals surface area contributed by atoms with Crippen molar-refractivity contribution in [1.82, 2.24) is 15.1 Å². The zero-order valence-corrected chi connectivity index (χ0v) is 13.1. The van der Waals surface area contributed by atoms with Gasteiger partial charge >= 0.3 is 0 Å². The molecule has 1 fully saturated rings. The van der Waals surface area contributed by atoms with Gasteiger partial charge in [0.15, 0.2) is 0 Å². The summed E-state index contributed by atoms with van der Waals surface area (Å²) in [5, 5.41) is 7.24. The monoisotopic (exact) mass is 279 g/mol. The molecular weight excluding hydrogens is 254 g/mol. The minimum absolute atomic E-state index is 0.000420. The number of aromatic nitrogens is 2. The lowest BCUT2D eigenvalue weighted by molar-refractivity contribution is -0.142. The number of H-pyrrole nitrogens is 1. The molecule has 0 spiro atoms. The number of morpholine rings is 1. The zero-order chi connectivity index (χ0) is 14.9. The Labute approximate surface area is 120 Å². The number of hydrogen-bond donors (Lipinski definition) is 1. The number of hydrogen-bond acceptors (Lipinski definition) is 3. The van der Waals surface area contributed by atoms with Gasteiger partial charge in [0, 0.05) is 24.2 Å². The van der Waals surface area contributed by atoms with Gasteiger partial charge in [-0.15, -0.1) is 0 Å². The quantitative estimate of drug-likeness (QED) is 0.904. The molecule has 1 N–H and O–H groups in total. The molecule has 0 saturated carbocycles. The summed E-state index contributed by atoms with van der Waals surface area (Å²) in [6.07, 6.45) is 0.555. The number of carbonyl (C=O) groups excluding carboxylic acids is 1. The van der Waals surface area contributed by atoms with Crippen molar-refractivity contribution >= 4 is 5.91 Å². The summed E-state index contributed by atoms with van der Waals surface area (Å²) in [6.45, 7) is 12.1. The molecule has 0 bridgehead atoms. The van der Waals surface area contributed by atoms with Crippen LogP contribution < -0.4 is 0 Å². The second-order valence-electron chi connectivity index (χ2n) is 6.76. The second-order valence-corrected chi connectivity index (χ2v) is 6.76. The third-order valence-corrected chi connectivity index (χ3v) is 3.65. The van der Waals surface area contributed by atoms with Gasteiger partial charge < -0.3 is 9.64 Å². The van der Waals surface area contributed by atoms with Crippen molar-refractivity contribution in [1.29, 1.82) is 0 Å². The average Bonchev–Trinajstić information content (AvgIpc) is 2.67. The van der Waals surface area contributed by atoms with E-state index in [9.17, 15) is 4.79 Å². The van der Waals surface area contributed by atoms with Crippen LogP contribution >= 0.6 is 0 Å². The summed E-state index contributed by atoms with van der Waals surface area (Å²) in [5.41, 5.74) is 3.07. The van der Waals surface area contributed by atoms with Gasteiger partial charge in [-0.2, -0.15) is 5.10 Å². The molecule has 0 radical (unpaired) electrons. The Morgan fingerprint density at radius 1 is 1.45 bits per heavy atom. The van der Waals surface area contributed by atoms with E-state index in [0.29, 0.717) is 26.2 Å². The molecule has 0 aliphatic carbocycles. The van der Waals surface area contributed by atoms with Gasteiger partial charge in [0.05, 0.1) is 24.9 Å². The molecule has 1 aliphatic heterocycles. The van der Waals surface area contributed by atoms with Crippen LogP contribution in [0.15, 0.2) is 0 Å². The van der Waals surface area contributed by atoms with Crippen LogP contribution in [0.3, 0.4) is 0 Å². The molecule has 1 atom stereocenters. The highest BCUT2D eigenvalue weighted by Gasteiger charge is 2.33. The third-order valence-electron chi connectivity index (χ3n) is 3.65. The van der Waals surface area contributed by atoms with Crippen LogP contribution in [0, 0.1) is 19.3 Å². The summed E-state index contributed by atoms with van der Waals surface area (Å²) in [7, 11) is 0. The summed E-state index contributed by atoms with van der Waals surface area (Å²) in [4.78, 5) is 14.5. The standard InChI is InChI=1S/C15H25N3O2/c1-10-14(11(2)17-16-10)12-9-20-7-6-18(12)13(19)8-15(3,4)5/h12H,6-9H2,1-5H3,(H,16,17). The Hall–Kier alpha value is -1.36. The van der Waals surface area contributed by atoms with E-state index in [1.165, 1.54) is 0 Å². The predicted octanol–water partition coefficient (Wildman–Crippen LogP) is 2.36. The number of amides is 1. The van der Waals surface area contributed by atoms with E-state index >= 15 is 0 Å². The van der Waals surface area contributed by atoms with Crippen molar-refractivity contribution in [2.45, 2.75) is 47.1 Å². The first-order valence-corrected chi connectivity index (χ1v) is 7.18. The Bertz CT molecular complexity index is 468. The number of aryl methyl sites for hydroxylation is 2. The van der Waals surface area contributed by atoms with E-state index < -0.39 is 0 Å². The summed E-state index contributed by atoms with van der Waals surface area (Å²) >= 11 is 0. The van der Waals surface area contributed by atoms with Crippen molar-refractivity contribution in [3.63, 3.8) is 0 Å². The highest BCUT2D eigenvalue weighted by Crippen LogP contribution is 2.30. The summed E-state index contributed by atoms with van der Waals surface area (Å²) < 4.78 is 5.59. The molecule has 1 aromatic heterocycles. The SMILES string of the molecule is Cc1n[nH]c(C)c1C1COCCN1C(=O)CC(C)(C)C. The van der Waals surface area contributed by atoms with Crippen LogP contribution in [0.4, 0.5) is 0 Å². The number of nitrogens with one attached hydrogen (secondary N) is 1. The molecule has 1 saturated heterocycles. The summed E-state index contributed by atoms with van der Waals surface area (Å²) in [5.74, 6) is 0.200. The Kier molecular flexibility index (Phi) is 4.18. The van der Waals surface area contributed by atoms with Gasteiger partial charge in [-0.25, -0.2) is 0 Å². The fourth-order valence-electron chi connectivity index (χ4n) is 2.75. The lowest BCUT2D eigenvalue weighted by atomic mass is 9.90. The molecule has 5 heteroatoms. The lowest BCUT2D eigenvalue weighted by Gasteiger charge is -2.37. The predicted molar refractivity (Wildman–Crippen MR) is 77.4 cm³/mol. The topological polar surface area (TPSA) is 58.2 Å². The maximum atomic E-state index is 12.6. The Balaban J connectivity index is 2.24. The molecule has 2 rings (SSSR count). The molecule has 1 aromatic rings. The van der Waals surface area contributed by atoms with Crippen LogP contribution in [0.2, 0.25) is 0 Å². The van der Waals surface area contributed by atoms with E-state index in [0.717, 1.165) is 17.0 Å². The van der Waals surface area contributed by atoms with Crippen molar-refractivity contribution in [2.75, 3.05) is 19.8 Å². The minimum Gasteiger partial charge on any atom is -0.377 e. The fraction of sp³-hybridized carbons (Fsp3) is 0.733. The Morgan fingerprint density at radius 2 is 2.15 bits per heavy atom. The van der Waals surface area contributed by atoms with E-state index in [4.69, 9.17) is 4.74 Å². The normalized spacial score (nSPS) is 20.2. The third kappa shape index (κ3) is 3.20. The molecule has 112 valence electrons. The first kappa shape index (κ1) is 15.0. The van der Waals surface area contributed by atoms with Crippen molar-refractivity contribution in [2.24, 2.45) is 5.41 Å². The van der Waals surface area contributed by atoms with Crippen molar-refractivity contribution in [3.05, 3.63) is 17.0 Å². The molecule has 1 amide bonds. The van der Waals surface area contributed by atoms with Crippen LogP contribution in [0.1, 0.15) is 50.2 Å². The number of aromatic amines is 1. The van der Waals surface area contributed by atoms with Crippen LogP contribution in [0.5, 0.6) is 0 Å². The minimum atomic E-state index is -0.0163. The highest BCUT2D eigenvalue weighted by molar-refractivity contribution is 5.77. The van der Waals surface area contributed by atoms with Crippen LogP contribution in [0.25, 0.3) is 0 Å². The van der Waals surface area contributed by atoms with Crippen molar-refractivity contribution in [3.8, 4) is 0 Å².